The predicted molar refractivity (Wildman–Crippen MR) is 67.8 cm³/mol. The topological polar surface area (TPSA) is 42.7 Å². The number of nitrogens with zero attached hydrogens (tertiary/aromatic N) is 3. The number of halogens is 1. The molecule has 0 radical (unpaired) electrons. The van der Waals surface area contributed by atoms with E-state index in [-0.39, 0.29) is 11.7 Å². The lowest BCUT2D eigenvalue weighted by atomic mass is 9.94. The van der Waals surface area contributed by atoms with Crippen molar-refractivity contribution in [2.75, 3.05) is 13.6 Å². The minimum Gasteiger partial charge on any atom is -0.319 e. The van der Waals surface area contributed by atoms with Gasteiger partial charge in [0.2, 0.25) is 0 Å². The van der Waals surface area contributed by atoms with E-state index in [0.29, 0.717) is 13.0 Å². The van der Waals surface area contributed by atoms with Crippen LogP contribution in [-0.4, -0.2) is 28.4 Å². The number of benzene rings is 1. The highest BCUT2D eigenvalue weighted by Crippen LogP contribution is 2.21. The first kappa shape index (κ1) is 12.7. The van der Waals surface area contributed by atoms with Crippen molar-refractivity contribution in [3.8, 4) is 0 Å². The van der Waals surface area contributed by atoms with Crippen LogP contribution >= 0.6 is 0 Å². The molecule has 0 aliphatic heterocycles. The Morgan fingerprint density at radius 1 is 1.39 bits per heavy atom. The van der Waals surface area contributed by atoms with Gasteiger partial charge in [-0.3, -0.25) is 4.68 Å². The number of likely N-dealkylation sites (N-methyl/N-ethyl adjacent to an activating group) is 1. The van der Waals surface area contributed by atoms with Crippen molar-refractivity contribution in [2.24, 2.45) is 7.05 Å². The maximum Gasteiger partial charge on any atom is 0.138 e. The second kappa shape index (κ2) is 5.73. The summed E-state index contributed by atoms with van der Waals surface area (Å²) >= 11 is 0. The largest absolute Gasteiger partial charge is 0.319 e. The van der Waals surface area contributed by atoms with Gasteiger partial charge < -0.3 is 5.32 Å². The van der Waals surface area contributed by atoms with Gasteiger partial charge in [-0.1, -0.05) is 18.2 Å². The number of nitrogens with one attached hydrogen (secondary N) is 1. The van der Waals surface area contributed by atoms with Crippen LogP contribution in [0.3, 0.4) is 0 Å². The molecule has 0 fully saturated rings. The lowest BCUT2D eigenvalue weighted by Crippen LogP contribution is -2.21. The molecule has 1 aromatic carbocycles. The predicted octanol–water partition coefficient (Wildman–Crippen LogP) is 1.50. The van der Waals surface area contributed by atoms with E-state index in [1.165, 1.54) is 12.4 Å². The molecule has 0 bridgehead atoms. The Balaban J connectivity index is 2.24. The zero-order valence-corrected chi connectivity index (χ0v) is 10.6. The number of rotatable bonds is 5. The molecule has 1 atom stereocenters. The van der Waals surface area contributed by atoms with Gasteiger partial charge >= 0.3 is 0 Å². The van der Waals surface area contributed by atoms with Gasteiger partial charge in [0.15, 0.2) is 0 Å². The fraction of sp³-hybridized carbons (Fsp3) is 0.385. The van der Waals surface area contributed by atoms with Crippen molar-refractivity contribution in [3.63, 3.8) is 0 Å². The minimum absolute atomic E-state index is 0.0547. The Labute approximate surface area is 106 Å². The summed E-state index contributed by atoms with van der Waals surface area (Å²) in [5.74, 6) is 0.748. The average molecular weight is 248 g/mol. The van der Waals surface area contributed by atoms with E-state index >= 15 is 0 Å². The van der Waals surface area contributed by atoms with Gasteiger partial charge in [0.1, 0.15) is 18.0 Å². The second-order valence-electron chi connectivity index (χ2n) is 4.28. The Hall–Kier alpha value is -1.75. The summed E-state index contributed by atoms with van der Waals surface area (Å²) in [6.07, 6.45) is 2.19. The van der Waals surface area contributed by atoms with Crippen molar-refractivity contribution in [3.05, 3.63) is 47.8 Å². The van der Waals surface area contributed by atoms with E-state index in [0.717, 1.165) is 11.4 Å². The number of hydrogen-bond acceptors (Lipinski definition) is 3. The fourth-order valence-electron chi connectivity index (χ4n) is 2.07. The number of hydrogen-bond donors (Lipinski definition) is 1. The summed E-state index contributed by atoms with van der Waals surface area (Å²) in [6.45, 7) is 0.702. The molecule has 0 aliphatic carbocycles. The Morgan fingerprint density at radius 2 is 2.17 bits per heavy atom. The van der Waals surface area contributed by atoms with Crippen LogP contribution in [0.2, 0.25) is 0 Å². The summed E-state index contributed by atoms with van der Waals surface area (Å²) < 4.78 is 15.5. The maximum absolute atomic E-state index is 13.8. The van der Waals surface area contributed by atoms with Gasteiger partial charge in [-0.25, -0.2) is 9.37 Å². The lowest BCUT2D eigenvalue weighted by molar-refractivity contribution is 0.539. The molecule has 0 saturated carbocycles. The summed E-state index contributed by atoms with van der Waals surface area (Å²) in [4.78, 5) is 4.19. The van der Waals surface area contributed by atoms with Crippen LogP contribution in [0, 0.1) is 5.82 Å². The van der Waals surface area contributed by atoms with E-state index in [9.17, 15) is 4.39 Å². The number of aryl methyl sites for hydroxylation is 1. The molecule has 1 N–H and O–H groups in total. The molecule has 2 rings (SSSR count). The first-order chi connectivity index (χ1) is 8.72. The Kier molecular flexibility index (Phi) is 4.04. The summed E-state index contributed by atoms with van der Waals surface area (Å²) in [5.41, 5.74) is 0.717. The van der Waals surface area contributed by atoms with Crippen LogP contribution in [0.5, 0.6) is 0 Å². The molecule has 0 saturated heterocycles. The second-order valence-corrected chi connectivity index (χ2v) is 4.28. The third-order valence-corrected chi connectivity index (χ3v) is 3.03. The van der Waals surface area contributed by atoms with E-state index in [4.69, 9.17) is 0 Å². The molecule has 96 valence electrons. The van der Waals surface area contributed by atoms with Crippen molar-refractivity contribution >= 4 is 0 Å². The molecule has 5 heteroatoms. The van der Waals surface area contributed by atoms with Gasteiger partial charge in [0, 0.05) is 25.9 Å². The molecule has 0 spiro atoms. The monoisotopic (exact) mass is 248 g/mol. The highest BCUT2D eigenvalue weighted by atomic mass is 19.1. The third kappa shape index (κ3) is 2.73. The van der Waals surface area contributed by atoms with Gasteiger partial charge in [-0.15, -0.1) is 0 Å². The molecule has 1 aromatic heterocycles. The zero-order valence-electron chi connectivity index (χ0n) is 10.6. The Bertz CT molecular complexity index is 509. The minimum atomic E-state index is -0.167. The van der Waals surface area contributed by atoms with Crippen LogP contribution in [0.15, 0.2) is 30.6 Å². The van der Waals surface area contributed by atoms with Crippen LogP contribution in [0.25, 0.3) is 0 Å². The number of aromatic nitrogens is 3. The standard InChI is InChI=1S/C13H17FN4/c1-15-8-10(7-13-16-9-17-18(13)2)11-5-3-4-6-12(11)14/h3-6,9-10,15H,7-8H2,1-2H3. The van der Waals surface area contributed by atoms with E-state index < -0.39 is 0 Å². The van der Waals surface area contributed by atoms with Crippen molar-refractivity contribution < 1.29 is 4.39 Å². The molecule has 2 aromatic rings. The van der Waals surface area contributed by atoms with E-state index in [1.54, 1.807) is 10.7 Å². The summed E-state index contributed by atoms with van der Waals surface area (Å²) in [6, 6.07) is 6.89. The molecule has 18 heavy (non-hydrogen) atoms. The third-order valence-electron chi connectivity index (χ3n) is 3.03. The molecule has 4 nitrogen and oxygen atoms in total. The average Bonchev–Trinajstić information content (AvgIpc) is 2.75. The van der Waals surface area contributed by atoms with Gasteiger partial charge in [0.25, 0.3) is 0 Å². The molecule has 1 unspecified atom stereocenters. The fourth-order valence-corrected chi connectivity index (χ4v) is 2.07. The van der Waals surface area contributed by atoms with Gasteiger partial charge in [0.05, 0.1) is 0 Å². The lowest BCUT2D eigenvalue weighted by Gasteiger charge is -2.17. The van der Waals surface area contributed by atoms with Gasteiger partial charge in [-0.05, 0) is 18.7 Å². The summed E-state index contributed by atoms with van der Waals surface area (Å²) in [5, 5.41) is 7.14. The highest BCUT2D eigenvalue weighted by molar-refractivity contribution is 5.23. The van der Waals surface area contributed by atoms with Crippen LogP contribution in [0.4, 0.5) is 4.39 Å². The quantitative estimate of drug-likeness (QED) is 0.872. The first-order valence-electron chi connectivity index (χ1n) is 5.94. The molecule has 0 amide bonds. The van der Waals surface area contributed by atoms with Crippen molar-refractivity contribution in [1.29, 1.82) is 0 Å². The molecule has 1 heterocycles. The van der Waals surface area contributed by atoms with Crippen LogP contribution in [-0.2, 0) is 13.5 Å². The molecular weight excluding hydrogens is 231 g/mol. The normalized spacial score (nSPS) is 12.6. The Morgan fingerprint density at radius 3 is 2.78 bits per heavy atom. The van der Waals surface area contributed by atoms with E-state index in [1.807, 2.05) is 26.2 Å². The zero-order chi connectivity index (χ0) is 13.0. The first-order valence-corrected chi connectivity index (χ1v) is 5.94. The van der Waals surface area contributed by atoms with Crippen LogP contribution < -0.4 is 5.32 Å². The highest BCUT2D eigenvalue weighted by Gasteiger charge is 2.17. The van der Waals surface area contributed by atoms with Gasteiger partial charge in [-0.2, -0.15) is 5.10 Å². The van der Waals surface area contributed by atoms with Crippen molar-refractivity contribution in [2.45, 2.75) is 12.3 Å². The smallest absolute Gasteiger partial charge is 0.138 e. The SMILES string of the molecule is CNCC(Cc1ncnn1C)c1ccccc1F. The summed E-state index contributed by atoms with van der Waals surface area (Å²) in [7, 11) is 3.71. The van der Waals surface area contributed by atoms with E-state index in [2.05, 4.69) is 15.4 Å². The van der Waals surface area contributed by atoms with Crippen molar-refractivity contribution in [1.82, 2.24) is 20.1 Å². The molecular formula is C13H17FN4. The maximum atomic E-state index is 13.8. The van der Waals surface area contributed by atoms with Crippen LogP contribution in [0.1, 0.15) is 17.3 Å². The molecule has 0 aliphatic rings.